The highest BCUT2D eigenvalue weighted by atomic mass is 32.2. The van der Waals surface area contributed by atoms with Crippen LogP contribution in [0.1, 0.15) is 30.1 Å². The Labute approximate surface area is 145 Å². The molecular weight excluding hydrogens is 346 g/mol. The number of fused-ring (bicyclic) bond motifs is 1. The number of nitrogens with zero attached hydrogens (tertiary/aromatic N) is 2. The SMILES string of the molecule is CC[C@@H]1CN(C(=O)c2ccc3ncsc3c2)CC[C@@H]1NS(C)(=O)=O. The zero-order valence-electron chi connectivity index (χ0n) is 13.7. The van der Waals surface area contributed by atoms with Gasteiger partial charge in [0.25, 0.3) is 5.91 Å². The van der Waals surface area contributed by atoms with Gasteiger partial charge in [-0.05, 0) is 30.5 Å². The molecule has 8 heteroatoms. The molecule has 3 rings (SSSR count). The lowest BCUT2D eigenvalue weighted by atomic mass is 9.90. The van der Waals surface area contributed by atoms with Crippen molar-refractivity contribution in [2.75, 3.05) is 19.3 Å². The quantitative estimate of drug-likeness (QED) is 0.897. The summed E-state index contributed by atoms with van der Waals surface area (Å²) in [5.74, 6) is 0.131. The van der Waals surface area contributed by atoms with E-state index >= 15 is 0 Å². The van der Waals surface area contributed by atoms with Gasteiger partial charge in [-0.15, -0.1) is 11.3 Å². The molecule has 1 aromatic carbocycles. The van der Waals surface area contributed by atoms with Crippen molar-refractivity contribution in [3.05, 3.63) is 29.3 Å². The molecule has 1 saturated heterocycles. The topological polar surface area (TPSA) is 79.4 Å². The van der Waals surface area contributed by atoms with E-state index in [1.165, 1.54) is 17.6 Å². The molecule has 0 radical (unpaired) electrons. The molecular formula is C16H21N3O3S2. The van der Waals surface area contributed by atoms with Crippen molar-refractivity contribution in [3.63, 3.8) is 0 Å². The van der Waals surface area contributed by atoms with Crippen LogP contribution >= 0.6 is 11.3 Å². The first-order valence-electron chi connectivity index (χ1n) is 7.97. The summed E-state index contributed by atoms with van der Waals surface area (Å²) in [6.07, 6.45) is 2.65. The molecule has 6 nitrogen and oxygen atoms in total. The van der Waals surface area contributed by atoms with Crippen LogP contribution < -0.4 is 4.72 Å². The molecule has 0 unspecified atom stereocenters. The summed E-state index contributed by atoms with van der Waals surface area (Å²) < 4.78 is 26.7. The Morgan fingerprint density at radius 2 is 2.25 bits per heavy atom. The second-order valence-electron chi connectivity index (χ2n) is 6.24. The third-order valence-corrected chi connectivity index (χ3v) is 6.01. The fourth-order valence-corrected chi connectivity index (χ4v) is 4.81. The minimum atomic E-state index is -3.23. The second-order valence-corrected chi connectivity index (χ2v) is 8.91. The van der Waals surface area contributed by atoms with Crippen molar-refractivity contribution < 1.29 is 13.2 Å². The van der Waals surface area contributed by atoms with Crippen LogP contribution in [-0.2, 0) is 10.0 Å². The van der Waals surface area contributed by atoms with Gasteiger partial charge in [-0.1, -0.05) is 13.3 Å². The fraction of sp³-hybridized carbons (Fsp3) is 0.500. The summed E-state index contributed by atoms with van der Waals surface area (Å²) in [5.41, 5.74) is 3.34. The van der Waals surface area contributed by atoms with Crippen LogP contribution in [0.15, 0.2) is 23.7 Å². The largest absolute Gasteiger partial charge is 0.338 e. The number of thiazole rings is 1. The molecule has 1 N–H and O–H groups in total. The maximum atomic E-state index is 12.8. The van der Waals surface area contributed by atoms with E-state index in [0.29, 0.717) is 25.1 Å². The minimum absolute atomic E-state index is 0.00144. The Morgan fingerprint density at radius 1 is 1.46 bits per heavy atom. The molecule has 1 aliphatic rings. The number of nitrogens with one attached hydrogen (secondary N) is 1. The van der Waals surface area contributed by atoms with Gasteiger partial charge in [0.05, 0.1) is 22.0 Å². The number of likely N-dealkylation sites (tertiary alicyclic amines) is 1. The van der Waals surface area contributed by atoms with Crippen LogP contribution in [-0.4, -0.2) is 49.6 Å². The van der Waals surface area contributed by atoms with Gasteiger partial charge < -0.3 is 4.90 Å². The third-order valence-electron chi connectivity index (χ3n) is 4.49. The summed E-state index contributed by atoms with van der Waals surface area (Å²) >= 11 is 1.52. The number of hydrogen-bond donors (Lipinski definition) is 1. The van der Waals surface area contributed by atoms with Crippen molar-refractivity contribution in [3.8, 4) is 0 Å². The smallest absolute Gasteiger partial charge is 0.253 e. The zero-order valence-corrected chi connectivity index (χ0v) is 15.4. The predicted octanol–water partition coefficient (Wildman–Crippen LogP) is 2.09. The number of carbonyl (C=O) groups is 1. The molecule has 1 aromatic heterocycles. The average Bonchev–Trinajstić information content (AvgIpc) is 3.00. The monoisotopic (exact) mass is 367 g/mol. The highest BCUT2D eigenvalue weighted by molar-refractivity contribution is 7.88. The Hall–Kier alpha value is -1.51. The molecule has 24 heavy (non-hydrogen) atoms. The molecule has 1 amide bonds. The highest BCUT2D eigenvalue weighted by Gasteiger charge is 2.32. The average molecular weight is 367 g/mol. The van der Waals surface area contributed by atoms with Gasteiger partial charge in [-0.3, -0.25) is 4.79 Å². The normalized spacial score (nSPS) is 22.0. The van der Waals surface area contributed by atoms with Gasteiger partial charge >= 0.3 is 0 Å². The molecule has 1 fully saturated rings. The second kappa shape index (κ2) is 6.78. The van der Waals surface area contributed by atoms with E-state index in [4.69, 9.17) is 0 Å². The summed E-state index contributed by atoms with van der Waals surface area (Å²) in [6, 6.07) is 5.47. The Bertz CT molecular complexity index is 847. The van der Waals surface area contributed by atoms with E-state index in [1.54, 1.807) is 5.51 Å². The van der Waals surface area contributed by atoms with Gasteiger partial charge in [0.1, 0.15) is 0 Å². The molecule has 2 aromatic rings. The Balaban J connectivity index is 1.74. The minimum Gasteiger partial charge on any atom is -0.338 e. The van der Waals surface area contributed by atoms with E-state index in [-0.39, 0.29) is 17.9 Å². The number of aromatic nitrogens is 1. The maximum Gasteiger partial charge on any atom is 0.253 e. The number of sulfonamides is 1. The van der Waals surface area contributed by atoms with E-state index in [0.717, 1.165) is 16.6 Å². The number of amides is 1. The molecule has 0 saturated carbocycles. The summed E-state index contributed by atoms with van der Waals surface area (Å²) in [6.45, 7) is 3.16. The van der Waals surface area contributed by atoms with Gasteiger partial charge in [-0.2, -0.15) is 0 Å². The zero-order chi connectivity index (χ0) is 17.3. The summed E-state index contributed by atoms with van der Waals surface area (Å²) in [7, 11) is -3.23. The lowest BCUT2D eigenvalue weighted by Gasteiger charge is -2.38. The number of carbonyl (C=O) groups excluding carboxylic acids is 1. The van der Waals surface area contributed by atoms with E-state index in [1.807, 2.05) is 30.0 Å². The van der Waals surface area contributed by atoms with E-state index < -0.39 is 10.0 Å². The van der Waals surface area contributed by atoms with Crippen molar-refractivity contribution in [2.24, 2.45) is 5.92 Å². The first-order chi connectivity index (χ1) is 11.4. The lowest BCUT2D eigenvalue weighted by Crippen LogP contribution is -2.52. The molecule has 0 spiro atoms. The Kier molecular flexibility index (Phi) is 4.89. The number of piperidine rings is 1. The lowest BCUT2D eigenvalue weighted by molar-refractivity contribution is 0.0641. The first kappa shape index (κ1) is 17.3. The number of rotatable bonds is 4. The van der Waals surface area contributed by atoms with Gasteiger partial charge in [0.15, 0.2) is 0 Å². The van der Waals surface area contributed by atoms with Gasteiger partial charge in [0.2, 0.25) is 10.0 Å². The fourth-order valence-electron chi connectivity index (χ4n) is 3.23. The number of hydrogen-bond acceptors (Lipinski definition) is 5. The Morgan fingerprint density at radius 3 is 2.96 bits per heavy atom. The van der Waals surface area contributed by atoms with E-state index in [9.17, 15) is 13.2 Å². The summed E-state index contributed by atoms with van der Waals surface area (Å²) in [5, 5.41) is 0. The molecule has 2 heterocycles. The molecule has 130 valence electrons. The van der Waals surface area contributed by atoms with Crippen molar-refractivity contribution in [1.82, 2.24) is 14.6 Å². The van der Waals surface area contributed by atoms with Crippen LogP contribution in [0.4, 0.5) is 0 Å². The maximum absolute atomic E-state index is 12.8. The van der Waals surface area contributed by atoms with Crippen LogP contribution in [0.25, 0.3) is 10.2 Å². The van der Waals surface area contributed by atoms with Crippen molar-refractivity contribution >= 4 is 37.5 Å². The third kappa shape index (κ3) is 3.76. The first-order valence-corrected chi connectivity index (χ1v) is 10.7. The summed E-state index contributed by atoms with van der Waals surface area (Å²) in [4.78, 5) is 18.8. The van der Waals surface area contributed by atoms with Crippen LogP contribution in [0, 0.1) is 5.92 Å². The molecule has 0 aliphatic carbocycles. The van der Waals surface area contributed by atoms with Gasteiger partial charge in [0, 0.05) is 24.7 Å². The molecule has 2 atom stereocenters. The van der Waals surface area contributed by atoms with Gasteiger partial charge in [-0.25, -0.2) is 18.1 Å². The molecule has 1 aliphatic heterocycles. The number of benzene rings is 1. The highest BCUT2D eigenvalue weighted by Crippen LogP contribution is 2.24. The van der Waals surface area contributed by atoms with Crippen LogP contribution in [0.3, 0.4) is 0 Å². The standard InChI is InChI=1S/C16H21N3O3S2/c1-3-11-9-19(7-6-13(11)18-24(2,21)22)16(20)12-4-5-14-15(8-12)23-10-17-14/h4-5,8,10-11,13,18H,3,6-7,9H2,1-2H3/t11-,13+/m1/s1. The molecule has 0 bridgehead atoms. The van der Waals surface area contributed by atoms with Crippen molar-refractivity contribution in [1.29, 1.82) is 0 Å². The predicted molar refractivity (Wildman–Crippen MR) is 95.7 cm³/mol. The van der Waals surface area contributed by atoms with Crippen LogP contribution in [0.5, 0.6) is 0 Å². The van der Waals surface area contributed by atoms with E-state index in [2.05, 4.69) is 9.71 Å². The van der Waals surface area contributed by atoms with Crippen molar-refractivity contribution in [2.45, 2.75) is 25.8 Å². The van der Waals surface area contributed by atoms with Crippen LogP contribution in [0.2, 0.25) is 0 Å².